The van der Waals surface area contributed by atoms with Crippen molar-refractivity contribution in [3.05, 3.63) is 58.7 Å². The van der Waals surface area contributed by atoms with Crippen molar-refractivity contribution in [2.75, 3.05) is 11.9 Å². The summed E-state index contributed by atoms with van der Waals surface area (Å²) in [6.07, 6.45) is 1.89. The summed E-state index contributed by atoms with van der Waals surface area (Å²) in [5.74, 6) is -0.788. The Morgan fingerprint density at radius 1 is 1.36 bits per heavy atom. The largest absolute Gasteiger partial charge is 0.386 e. The molecule has 2 aliphatic heterocycles. The lowest BCUT2D eigenvalue weighted by Crippen LogP contribution is -2.64. The number of anilines is 1. The monoisotopic (exact) mass is 470 g/mol. The van der Waals surface area contributed by atoms with Crippen molar-refractivity contribution in [3.8, 4) is 6.07 Å². The minimum absolute atomic E-state index is 0.164. The zero-order valence-corrected chi connectivity index (χ0v) is 19.8. The van der Waals surface area contributed by atoms with E-state index < -0.39 is 37.4 Å². The van der Waals surface area contributed by atoms with Gasteiger partial charge in [-0.05, 0) is 74.1 Å². The van der Waals surface area contributed by atoms with Crippen LogP contribution in [0.15, 0.2) is 35.5 Å². The van der Waals surface area contributed by atoms with Gasteiger partial charge in [-0.3, -0.25) is 18.7 Å². The molecule has 1 aromatic heterocycles. The van der Waals surface area contributed by atoms with Gasteiger partial charge < -0.3 is 11.1 Å². The van der Waals surface area contributed by atoms with Gasteiger partial charge in [0.2, 0.25) is 0 Å². The van der Waals surface area contributed by atoms with E-state index in [4.69, 9.17) is 11.0 Å². The minimum atomic E-state index is -3.04. The number of hydrogen-bond donors (Lipinski definition) is 4. The first-order valence-electron chi connectivity index (χ1n) is 10.6. The van der Waals surface area contributed by atoms with E-state index in [0.717, 1.165) is 0 Å². The third-order valence-corrected chi connectivity index (χ3v) is 11.1. The number of benzene rings is 1. The number of nitriles is 1. The molecular weight excluding hydrogens is 443 g/mol. The second kappa shape index (κ2) is 7.71. The van der Waals surface area contributed by atoms with E-state index in [-0.39, 0.29) is 17.1 Å². The SMILES string of the molecule is Cc1cc(C#N)cnc1C(=O)Nc1ccc(F)c([C@@]2(C)N=C(N)C(C)(C)[SH]3(=O)NCC[C@@H]23)c1. The lowest BCUT2D eigenvalue weighted by molar-refractivity contribution is 0.102. The zero-order chi connectivity index (χ0) is 24.2. The Kier molecular flexibility index (Phi) is 5.38. The number of aromatic nitrogens is 1. The fourth-order valence-corrected chi connectivity index (χ4v) is 8.45. The standard InChI is InChI=1S/C23H27FN6O2S/c1-13-9-14(11-25)12-27-19(13)20(31)29-15-5-6-17(24)16(10-15)23(4)18-7-8-28-33(18,32)22(2,3)21(26)30-23/h5-6,9-10,12,18,33H,7-8H2,1-4H3,(H2,26,30)(H,28,32)(H,29,31)/t18-,23+/m0/s1. The smallest absolute Gasteiger partial charge is 0.274 e. The van der Waals surface area contributed by atoms with Gasteiger partial charge in [0.05, 0.1) is 15.6 Å². The Bertz CT molecular complexity index is 1280. The van der Waals surface area contributed by atoms with Crippen LogP contribution in [0.1, 0.15) is 54.4 Å². The van der Waals surface area contributed by atoms with Gasteiger partial charge in [0.25, 0.3) is 5.91 Å². The number of halogens is 1. The molecule has 0 saturated carbocycles. The Morgan fingerprint density at radius 3 is 2.76 bits per heavy atom. The molecule has 1 fully saturated rings. The van der Waals surface area contributed by atoms with Crippen LogP contribution < -0.4 is 15.8 Å². The van der Waals surface area contributed by atoms with Gasteiger partial charge in [0.15, 0.2) is 0 Å². The predicted molar refractivity (Wildman–Crippen MR) is 127 cm³/mol. The van der Waals surface area contributed by atoms with Crippen LogP contribution in [0.25, 0.3) is 0 Å². The van der Waals surface area contributed by atoms with E-state index in [1.165, 1.54) is 24.4 Å². The number of pyridine rings is 1. The predicted octanol–water partition coefficient (Wildman–Crippen LogP) is 2.31. The molecule has 0 bridgehead atoms. The summed E-state index contributed by atoms with van der Waals surface area (Å²) in [5.41, 5.74) is 6.74. The molecule has 0 spiro atoms. The van der Waals surface area contributed by atoms with E-state index in [9.17, 15) is 9.00 Å². The number of rotatable bonds is 3. The number of carbonyl (C=O) groups is 1. The van der Waals surface area contributed by atoms with Crippen LogP contribution in [-0.2, 0) is 15.7 Å². The number of aliphatic imine (C=N–C) groups is 1. The van der Waals surface area contributed by atoms with Gasteiger partial charge in [-0.2, -0.15) is 5.26 Å². The normalized spacial score (nSPS) is 25.9. The average molecular weight is 471 g/mol. The average Bonchev–Trinajstić information content (AvgIpc) is 3.18. The molecule has 174 valence electrons. The highest BCUT2D eigenvalue weighted by Gasteiger charge is 2.58. The fourth-order valence-electron chi connectivity index (χ4n) is 4.81. The Labute approximate surface area is 193 Å². The number of fused-ring (bicyclic) bond motifs is 1. The van der Waals surface area contributed by atoms with Crippen LogP contribution in [0.4, 0.5) is 10.1 Å². The summed E-state index contributed by atoms with van der Waals surface area (Å²) >= 11 is 0. The molecule has 0 radical (unpaired) electrons. The Hall–Kier alpha value is -3.16. The molecule has 10 heteroatoms. The lowest BCUT2D eigenvalue weighted by atomic mass is 9.85. The molecule has 0 unspecified atom stereocenters. The number of nitrogens with zero attached hydrogens (tertiary/aromatic N) is 3. The van der Waals surface area contributed by atoms with E-state index in [1.807, 2.05) is 6.07 Å². The molecule has 2 atom stereocenters. The van der Waals surface area contributed by atoms with E-state index in [1.54, 1.807) is 33.8 Å². The number of thiol groups is 1. The van der Waals surface area contributed by atoms with Crippen molar-refractivity contribution in [2.24, 2.45) is 10.7 Å². The second-order valence-corrected chi connectivity index (χ2v) is 12.6. The number of hydrogen-bond acceptors (Lipinski definition) is 6. The van der Waals surface area contributed by atoms with Gasteiger partial charge in [0, 0.05) is 24.0 Å². The van der Waals surface area contributed by atoms with Gasteiger partial charge >= 0.3 is 0 Å². The van der Waals surface area contributed by atoms with Crippen LogP contribution in [0.5, 0.6) is 0 Å². The Balaban J connectivity index is 1.74. The molecule has 1 saturated heterocycles. The number of carbonyl (C=O) groups excluding carboxylic acids is 1. The van der Waals surface area contributed by atoms with Crippen LogP contribution >= 0.6 is 0 Å². The minimum Gasteiger partial charge on any atom is -0.386 e. The highest BCUT2D eigenvalue weighted by Crippen LogP contribution is 2.49. The number of aryl methyl sites for hydroxylation is 1. The van der Waals surface area contributed by atoms with Gasteiger partial charge in [-0.1, -0.05) is 0 Å². The molecule has 0 aliphatic carbocycles. The molecule has 4 rings (SSSR count). The molecular formula is C23H27FN6O2S. The molecule has 1 aromatic carbocycles. The van der Waals surface area contributed by atoms with Gasteiger partial charge in [-0.15, -0.1) is 0 Å². The summed E-state index contributed by atoms with van der Waals surface area (Å²) in [6, 6.07) is 7.78. The molecule has 4 N–H and O–H groups in total. The first-order chi connectivity index (χ1) is 15.4. The first kappa shape index (κ1) is 23.0. The van der Waals surface area contributed by atoms with E-state index in [0.29, 0.717) is 29.8 Å². The summed E-state index contributed by atoms with van der Waals surface area (Å²) in [5, 5.41) is 11.3. The summed E-state index contributed by atoms with van der Waals surface area (Å²) in [4.78, 5) is 21.6. The summed E-state index contributed by atoms with van der Waals surface area (Å²) in [6.45, 7) is 7.57. The quantitative estimate of drug-likeness (QED) is 0.511. The highest BCUT2D eigenvalue weighted by molar-refractivity contribution is 8.04. The van der Waals surface area contributed by atoms with Gasteiger partial charge in [0.1, 0.15) is 29.0 Å². The van der Waals surface area contributed by atoms with E-state index in [2.05, 4.69) is 20.0 Å². The van der Waals surface area contributed by atoms with Crippen molar-refractivity contribution >= 4 is 27.5 Å². The number of amidine groups is 1. The molecule has 2 aliphatic rings. The number of nitrogens with one attached hydrogen (secondary N) is 2. The van der Waals surface area contributed by atoms with E-state index >= 15 is 4.39 Å². The van der Waals surface area contributed by atoms with Crippen LogP contribution in [0.3, 0.4) is 0 Å². The highest BCUT2D eigenvalue weighted by atomic mass is 32.3. The molecule has 33 heavy (non-hydrogen) atoms. The van der Waals surface area contributed by atoms with Crippen LogP contribution in [0.2, 0.25) is 0 Å². The first-order valence-corrected chi connectivity index (χ1v) is 12.4. The third kappa shape index (κ3) is 3.43. The maximum atomic E-state index is 15.1. The third-order valence-electron chi connectivity index (χ3n) is 6.85. The van der Waals surface area contributed by atoms with Crippen LogP contribution in [0, 0.1) is 24.1 Å². The molecule has 1 amide bonds. The lowest BCUT2D eigenvalue weighted by Gasteiger charge is -2.50. The maximum absolute atomic E-state index is 15.1. The summed E-state index contributed by atoms with van der Waals surface area (Å²) < 4.78 is 31.5. The van der Waals surface area contributed by atoms with Crippen molar-refractivity contribution < 1.29 is 13.4 Å². The molecule has 8 nitrogen and oxygen atoms in total. The molecule has 3 heterocycles. The fraction of sp³-hybridized carbons (Fsp3) is 0.391. The van der Waals surface area contributed by atoms with Gasteiger partial charge in [-0.25, -0.2) is 9.37 Å². The van der Waals surface area contributed by atoms with Crippen molar-refractivity contribution in [1.29, 1.82) is 5.26 Å². The van der Waals surface area contributed by atoms with Crippen LogP contribution in [-0.4, -0.2) is 37.5 Å². The number of nitrogens with two attached hydrogens (primary N) is 1. The van der Waals surface area contributed by atoms with Crippen molar-refractivity contribution in [2.45, 2.75) is 49.7 Å². The van der Waals surface area contributed by atoms with Crippen molar-refractivity contribution in [1.82, 2.24) is 9.71 Å². The Morgan fingerprint density at radius 2 is 2.09 bits per heavy atom. The second-order valence-electron chi connectivity index (χ2n) is 9.22. The maximum Gasteiger partial charge on any atom is 0.274 e. The topological polar surface area (TPSA) is 133 Å². The number of amides is 1. The molecule has 2 aromatic rings. The zero-order valence-electron chi connectivity index (χ0n) is 18.9. The summed E-state index contributed by atoms with van der Waals surface area (Å²) in [7, 11) is -3.04. The van der Waals surface area contributed by atoms with Crippen molar-refractivity contribution in [3.63, 3.8) is 0 Å².